The van der Waals surface area contributed by atoms with Crippen molar-refractivity contribution in [3.8, 4) is 0 Å². The molecule has 0 unspecified atom stereocenters. The molecule has 0 spiro atoms. The summed E-state index contributed by atoms with van der Waals surface area (Å²) in [7, 11) is -1.85. The normalized spacial score (nSPS) is 13.6. The van der Waals surface area contributed by atoms with Gasteiger partial charge in [-0.15, -0.1) is 0 Å². The van der Waals surface area contributed by atoms with Crippen LogP contribution in [0.1, 0.15) is 45.6 Å². The lowest BCUT2D eigenvalue weighted by Crippen LogP contribution is -2.41. The molecule has 1 aromatic carbocycles. The van der Waals surface area contributed by atoms with Crippen molar-refractivity contribution in [1.29, 1.82) is 0 Å². The standard InChI is InChI=1S/C21H31NO3Si/c1-16(23)24-14-12-17(15-25-26(5,6)21(2,3)4)18-11-13-22-20-10-8-7-9-19(18)20/h7-11,13,17H,12,14-15H2,1-6H3/t17-/m0/s1. The molecule has 0 fully saturated rings. The van der Waals surface area contributed by atoms with Crippen LogP contribution >= 0.6 is 0 Å². The number of carbonyl (C=O) groups excluding carboxylic acids is 1. The molecule has 0 saturated heterocycles. The van der Waals surface area contributed by atoms with E-state index in [9.17, 15) is 4.79 Å². The molecular weight excluding hydrogens is 342 g/mol. The fraction of sp³-hybridized carbons (Fsp3) is 0.524. The maximum atomic E-state index is 11.2. The highest BCUT2D eigenvalue weighted by molar-refractivity contribution is 6.74. The predicted molar refractivity (Wildman–Crippen MR) is 109 cm³/mol. The SMILES string of the molecule is CC(=O)OCC[C@@H](CO[Si](C)(C)C(C)(C)C)c1ccnc2ccccc12. The molecule has 0 saturated carbocycles. The van der Waals surface area contributed by atoms with Gasteiger partial charge in [-0.2, -0.15) is 0 Å². The molecule has 0 amide bonds. The maximum absolute atomic E-state index is 11.2. The number of pyridine rings is 1. The average molecular weight is 374 g/mol. The van der Waals surface area contributed by atoms with Gasteiger partial charge < -0.3 is 9.16 Å². The van der Waals surface area contributed by atoms with E-state index in [-0.39, 0.29) is 16.9 Å². The zero-order chi connectivity index (χ0) is 19.4. The Labute approximate surface area is 158 Å². The minimum atomic E-state index is -1.85. The lowest BCUT2D eigenvalue weighted by Gasteiger charge is -2.37. The Kier molecular flexibility index (Phi) is 6.58. The highest BCUT2D eigenvalue weighted by Crippen LogP contribution is 2.38. The van der Waals surface area contributed by atoms with Crippen LogP contribution in [-0.2, 0) is 14.0 Å². The molecule has 1 atom stereocenters. The molecule has 5 heteroatoms. The van der Waals surface area contributed by atoms with E-state index in [0.29, 0.717) is 13.2 Å². The second-order valence-electron chi connectivity index (χ2n) is 8.31. The van der Waals surface area contributed by atoms with Crippen LogP contribution in [0.5, 0.6) is 0 Å². The summed E-state index contributed by atoms with van der Waals surface area (Å²) in [5, 5.41) is 1.30. The average Bonchev–Trinajstić information content (AvgIpc) is 2.56. The monoisotopic (exact) mass is 373 g/mol. The smallest absolute Gasteiger partial charge is 0.302 e. The number of ether oxygens (including phenoxy) is 1. The van der Waals surface area contributed by atoms with Gasteiger partial charge in [-0.3, -0.25) is 9.78 Å². The van der Waals surface area contributed by atoms with Crippen molar-refractivity contribution in [2.75, 3.05) is 13.2 Å². The lowest BCUT2D eigenvalue weighted by atomic mass is 9.94. The van der Waals surface area contributed by atoms with Crippen molar-refractivity contribution in [3.05, 3.63) is 42.1 Å². The van der Waals surface area contributed by atoms with Gasteiger partial charge in [0.15, 0.2) is 8.32 Å². The van der Waals surface area contributed by atoms with Crippen LogP contribution in [0.2, 0.25) is 18.1 Å². The Bertz CT molecular complexity index is 747. The molecule has 142 valence electrons. The van der Waals surface area contributed by atoms with Crippen molar-refractivity contribution in [2.24, 2.45) is 0 Å². The van der Waals surface area contributed by atoms with E-state index in [1.165, 1.54) is 12.5 Å². The van der Waals surface area contributed by atoms with E-state index in [0.717, 1.165) is 17.3 Å². The van der Waals surface area contributed by atoms with Gasteiger partial charge >= 0.3 is 5.97 Å². The second-order valence-corrected chi connectivity index (χ2v) is 13.1. The first-order valence-corrected chi connectivity index (χ1v) is 12.1. The third-order valence-corrected chi connectivity index (χ3v) is 9.85. The number of fused-ring (bicyclic) bond motifs is 1. The molecule has 1 heterocycles. The van der Waals surface area contributed by atoms with Gasteiger partial charge in [-0.1, -0.05) is 39.0 Å². The zero-order valence-electron chi connectivity index (χ0n) is 16.8. The van der Waals surface area contributed by atoms with E-state index >= 15 is 0 Å². The largest absolute Gasteiger partial charge is 0.466 e. The van der Waals surface area contributed by atoms with Crippen LogP contribution in [0, 0.1) is 0 Å². The Hall–Kier alpha value is -1.72. The summed E-state index contributed by atoms with van der Waals surface area (Å²) in [5.74, 6) is -0.0787. The van der Waals surface area contributed by atoms with Crippen molar-refractivity contribution in [2.45, 2.75) is 58.2 Å². The Balaban J connectivity index is 2.27. The van der Waals surface area contributed by atoms with E-state index in [4.69, 9.17) is 9.16 Å². The van der Waals surface area contributed by atoms with Crippen molar-refractivity contribution in [1.82, 2.24) is 4.98 Å². The summed E-state index contributed by atoms with van der Waals surface area (Å²) in [4.78, 5) is 15.6. The van der Waals surface area contributed by atoms with E-state index in [1.807, 2.05) is 24.4 Å². The zero-order valence-corrected chi connectivity index (χ0v) is 17.8. The lowest BCUT2D eigenvalue weighted by molar-refractivity contribution is -0.141. The first-order chi connectivity index (χ1) is 12.1. The Morgan fingerprint density at radius 1 is 1.19 bits per heavy atom. The number of benzene rings is 1. The quantitative estimate of drug-likeness (QED) is 0.488. The third-order valence-electron chi connectivity index (χ3n) is 5.35. The first kappa shape index (κ1) is 20.6. The first-order valence-electron chi connectivity index (χ1n) is 9.23. The fourth-order valence-electron chi connectivity index (χ4n) is 2.67. The molecule has 1 aromatic heterocycles. The molecule has 26 heavy (non-hydrogen) atoms. The van der Waals surface area contributed by atoms with Crippen LogP contribution in [0.25, 0.3) is 10.9 Å². The predicted octanol–water partition coefficient (Wildman–Crippen LogP) is 5.29. The molecule has 2 aromatic rings. The number of carbonyl (C=O) groups is 1. The highest BCUT2D eigenvalue weighted by atomic mass is 28.4. The van der Waals surface area contributed by atoms with Gasteiger partial charge in [0, 0.05) is 31.0 Å². The van der Waals surface area contributed by atoms with Crippen LogP contribution < -0.4 is 0 Å². The molecule has 0 aliphatic carbocycles. The van der Waals surface area contributed by atoms with E-state index in [1.54, 1.807) is 0 Å². The number of hydrogen-bond acceptors (Lipinski definition) is 4. The van der Waals surface area contributed by atoms with E-state index < -0.39 is 8.32 Å². The van der Waals surface area contributed by atoms with Gasteiger partial charge in [0.05, 0.1) is 12.1 Å². The van der Waals surface area contributed by atoms with Crippen molar-refractivity contribution >= 4 is 25.2 Å². The number of esters is 1. The molecular formula is C21H31NO3Si. The van der Waals surface area contributed by atoms with Gasteiger partial charge in [-0.05, 0) is 42.2 Å². The van der Waals surface area contributed by atoms with Crippen molar-refractivity contribution < 1.29 is 14.0 Å². The molecule has 2 rings (SSSR count). The van der Waals surface area contributed by atoms with Crippen molar-refractivity contribution in [3.63, 3.8) is 0 Å². The number of hydrogen-bond donors (Lipinski definition) is 0. The highest BCUT2D eigenvalue weighted by Gasteiger charge is 2.37. The second kappa shape index (κ2) is 8.31. The molecule has 0 N–H and O–H groups in total. The number of rotatable bonds is 7. The van der Waals surface area contributed by atoms with Gasteiger partial charge in [0.25, 0.3) is 0 Å². The van der Waals surface area contributed by atoms with Gasteiger partial charge in [0.1, 0.15) is 0 Å². The Morgan fingerprint density at radius 2 is 1.88 bits per heavy atom. The minimum absolute atomic E-state index is 0.160. The van der Waals surface area contributed by atoms with Crippen LogP contribution in [0.4, 0.5) is 0 Å². The van der Waals surface area contributed by atoms with Crippen LogP contribution in [-0.4, -0.2) is 32.5 Å². The number of aromatic nitrogens is 1. The molecule has 0 aliphatic rings. The minimum Gasteiger partial charge on any atom is -0.466 e. The number of para-hydroxylation sites is 1. The summed E-state index contributed by atoms with van der Waals surface area (Å²) in [6.07, 6.45) is 2.59. The molecule has 0 radical (unpaired) electrons. The maximum Gasteiger partial charge on any atom is 0.302 e. The third kappa shape index (κ3) is 5.14. The summed E-state index contributed by atoms with van der Waals surface area (Å²) < 4.78 is 11.7. The molecule has 0 aliphatic heterocycles. The summed E-state index contributed by atoms with van der Waals surface area (Å²) in [6, 6.07) is 10.2. The summed E-state index contributed by atoms with van der Waals surface area (Å²) in [5.41, 5.74) is 2.19. The summed E-state index contributed by atoms with van der Waals surface area (Å²) >= 11 is 0. The van der Waals surface area contributed by atoms with Gasteiger partial charge in [-0.25, -0.2) is 0 Å². The van der Waals surface area contributed by atoms with Gasteiger partial charge in [0.2, 0.25) is 0 Å². The topological polar surface area (TPSA) is 48.4 Å². The number of nitrogens with zero attached hydrogens (tertiary/aromatic N) is 1. The molecule has 0 bridgehead atoms. The van der Waals surface area contributed by atoms with Crippen LogP contribution in [0.15, 0.2) is 36.5 Å². The van der Waals surface area contributed by atoms with E-state index in [2.05, 4.69) is 51.0 Å². The van der Waals surface area contributed by atoms with Crippen LogP contribution in [0.3, 0.4) is 0 Å². The fourth-order valence-corrected chi connectivity index (χ4v) is 3.72. The molecule has 4 nitrogen and oxygen atoms in total. The Morgan fingerprint density at radius 3 is 2.54 bits per heavy atom. The summed E-state index contributed by atoms with van der Waals surface area (Å²) in [6.45, 7) is 13.7.